The molecule has 38 heavy (non-hydrogen) atoms. The highest BCUT2D eigenvalue weighted by Gasteiger charge is 2.54. The molecule has 0 saturated carbocycles. The fourth-order valence-corrected chi connectivity index (χ4v) is 5.66. The molecule has 204 valence electrons. The van der Waals surface area contributed by atoms with Crippen molar-refractivity contribution in [3.63, 3.8) is 0 Å². The number of carbonyl (C=O) groups excluding carboxylic acids is 3. The molecule has 2 aromatic rings. The second-order valence-corrected chi connectivity index (χ2v) is 10.5. The maximum Gasteiger partial charge on any atom is 0.416 e. The smallest absolute Gasteiger partial charge is 0.345 e. The van der Waals surface area contributed by atoms with Crippen molar-refractivity contribution >= 4 is 17.7 Å². The van der Waals surface area contributed by atoms with E-state index < -0.39 is 52.3 Å². The minimum absolute atomic E-state index is 0.0112. The lowest BCUT2D eigenvalue weighted by Crippen LogP contribution is -2.55. The van der Waals surface area contributed by atoms with E-state index >= 15 is 0 Å². The van der Waals surface area contributed by atoms with Gasteiger partial charge in [-0.25, -0.2) is 4.39 Å². The van der Waals surface area contributed by atoms with E-state index in [4.69, 9.17) is 0 Å². The summed E-state index contributed by atoms with van der Waals surface area (Å²) in [4.78, 5) is 42.8. The molecule has 2 aliphatic heterocycles. The van der Waals surface area contributed by atoms with Crippen LogP contribution < -0.4 is 5.32 Å². The minimum atomic E-state index is -4.75. The maximum atomic E-state index is 14.3. The number of alkyl halides is 3. The average molecular weight is 534 g/mol. The first kappa shape index (κ1) is 27.6. The zero-order chi connectivity index (χ0) is 27.8. The van der Waals surface area contributed by atoms with E-state index in [1.54, 1.807) is 30.7 Å². The number of hydrogen-bond acceptors (Lipinski definition) is 3. The number of carbonyl (C=O) groups is 3. The number of likely N-dealkylation sites (tertiary alicyclic amines) is 2. The van der Waals surface area contributed by atoms with Crippen molar-refractivity contribution in [2.45, 2.75) is 44.8 Å². The lowest BCUT2D eigenvalue weighted by atomic mass is 9.68. The summed E-state index contributed by atoms with van der Waals surface area (Å²) in [5.41, 5.74) is -1.50. The number of nitrogens with one attached hydrogen (secondary N) is 1. The molecule has 2 heterocycles. The van der Waals surface area contributed by atoms with Crippen molar-refractivity contribution in [3.05, 3.63) is 71.0 Å². The van der Waals surface area contributed by atoms with Crippen molar-refractivity contribution in [3.8, 4) is 0 Å². The van der Waals surface area contributed by atoms with Crippen molar-refractivity contribution in [2.75, 3.05) is 26.7 Å². The first-order valence-electron chi connectivity index (χ1n) is 12.6. The molecule has 0 bridgehead atoms. The predicted molar refractivity (Wildman–Crippen MR) is 133 cm³/mol. The average Bonchev–Trinajstić information content (AvgIpc) is 3.12. The van der Waals surface area contributed by atoms with Gasteiger partial charge in [-0.3, -0.25) is 14.4 Å². The van der Waals surface area contributed by atoms with E-state index in [-0.39, 0.29) is 11.8 Å². The van der Waals surface area contributed by atoms with Gasteiger partial charge in [0.05, 0.1) is 16.5 Å². The van der Waals surface area contributed by atoms with Crippen LogP contribution in [0.1, 0.15) is 54.1 Å². The van der Waals surface area contributed by atoms with Crippen LogP contribution in [-0.4, -0.2) is 60.2 Å². The standard InChI is InChI=1S/C28H31F4N3O3/c1-17(2)23(33-24(36)20-15-19(28(30,31)32)9-10-22(20)29)25(37)35-13-11-27(12-14-35)21(16-34(3)26(27)38)18-7-5-4-6-8-18/h4-10,15,17,21,23H,11-14,16H2,1-3H3,(H,33,36)/t21?,23-/m1/s1. The fraction of sp³-hybridized carbons (Fsp3) is 0.464. The number of benzene rings is 2. The van der Waals surface area contributed by atoms with Crippen LogP contribution in [0.2, 0.25) is 0 Å². The second-order valence-electron chi connectivity index (χ2n) is 10.5. The monoisotopic (exact) mass is 533 g/mol. The zero-order valence-corrected chi connectivity index (χ0v) is 21.5. The van der Waals surface area contributed by atoms with Crippen LogP contribution >= 0.6 is 0 Å². The molecule has 2 aliphatic rings. The number of likely N-dealkylation sites (N-methyl/N-ethyl adjacent to an activating group) is 1. The molecule has 10 heteroatoms. The van der Waals surface area contributed by atoms with Crippen molar-refractivity contribution in [1.29, 1.82) is 0 Å². The molecule has 2 aromatic carbocycles. The number of nitrogens with zero attached hydrogens (tertiary/aromatic N) is 2. The largest absolute Gasteiger partial charge is 0.416 e. The summed E-state index contributed by atoms with van der Waals surface area (Å²) < 4.78 is 53.6. The van der Waals surface area contributed by atoms with Gasteiger partial charge in [-0.05, 0) is 42.5 Å². The third-order valence-electron chi connectivity index (χ3n) is 7.82. The normalized spacial score (nSPS) is 20.2. The lowest BCUT2D eigenvalue weighted by Gasteiger charge is -2.42. The van der Waals surface area contributed by atoms with Crippen molar-refractivity contribution in [1.82, 2.24) is 15.1 Å². The second kappa shape index (κ2) is 10.4. The van der Waals surface area contributed by atoms with Gasteiger partial charge >= 0.3 is 6.18 Å². The third-order valence-corrected chi connectivity index (χ3v) is 7.82. The van der Waals surface area contributed by atoms with Gasteiger partial charge in [0.1, 0.15) is 11.9 Å². The van der Waals surface area contributed by atoms with Gasteiger partial charge in [0.15, 0.2) is 0 Å². The van der Waals surface area contributed by atoms with Gasteiger partial charge in [0.25, 0.3) is 5.91 Å². The molecule has 1 N–H and O–H groups in total. The fourth-order valence-electron chi connectivity index (χ4n) is 5.66. The van der Waals surface area contributed by atoms with Gasteiger partial charge in [0.2, 0.25) is 11.8 Å². The Hall–Kier alpha value is -3.43. The molecule has 0 aromatic heterocycles. The number of piperidine rings is 1. The van der Waals surface area contributed by atoms with Crippen LogP contribution in [0.25, 0.3) is 0 Å². The Labute approximate surface area is 219 Å². The van der Waals surface area contributed by atoms with E-state index in [1.807, 2.05) is 30.3 Å². The Morgan fingerprint density at radius 3 is 2.26 bits per heavy atom. The van der Waals surface area contributed by atoms with E-state index in [2.05, 4.69) is 5.32 Å². The highest BCUT2D eigenvalue weighted by Crippen LogP contribution is 2.50. The topological polar surface area (TPSA) is 69.7 Å². The van der Waals surface area contributed by atoms with Gasteiger partial charge in [-0.1, -0.05) is 44.2 Å². The Morgan fingerprint density at radius 2 is 1.68 bits per heavy atom. The van der Waals surface area contributed by atoms with Crippen LogP contribution in [0.5, 0.6) is 0 Å². The van der Waals surface area contributed by atoms with Gasteiger partial charge in [-0.15, -0.1) is 0 Å². The predicted octanol–water partition coefficient (Wildman–Crippen LogP) is 4.46. The Balaban J connectivity index is 1.50. The molecule has 6 nitrogen and oxygen atoms in total. The van der Waals surface area contributed by atoms with E-state index in [1.165, 1.54) is 0 Å². The minimum Gasteiger partial charge on any atom is -0.345 e. The molecule has 2 fully saturated rings. The molecule has 1 unspecified atom stereocenters. The van der Waals surface area contributed by atoms with Crippen LogP contribution in [0.4, 0.5) is 17.6 Å². The van der Waals surface area contributed by atoms with Gasteiger partial charge < -0.3 is 15.1 Å². The summed E-state index contributed by atoms with van der Waals surface area (Å²) in [6, 6.07) is 10.3. The number of amides is 3. The molecular weight excluding hydrogens is 502 g/mol. The summed E-state index contributed by atoms with van der Waals surface area (Å²) in [6.45, 7) is 4.55. The Kier molecular flexibility index (Phi) is 7.54. The van der Waals surface area contributed by atoms with Crippen LogP contribution in [0.3, 0.4) is 0 Å². The third kappa shape index (κ3) is 5.13. The summed E-state index contributed by atoms with van der Waals surface area (Å²) in [5, 5.41) is 2.45. The molecule has 0 radical (unpaired) electrons. The molecule has 1 spiro atoms. The van der Waals surface area contributed by atoms with Crippen molar-refractivity contribution in [2.24, 2.45) is 11.3 Å². The number of rotatable bonds is 5. The van der Waals surface area contributed by atoms with Gasteiger partial charge in [-0.2, -0.15) is 13.2 Å². The zero-order valence-electron chi connectivity index (χ0n) is 21.5. The first-order chi connectivity index (χ1) is 17.8. The molecule has 4 rings (SSSR count). The summed E-state index contributed by atoms with van der Waals surface area (Å²) >= 11 is 0. The van der Waals surface area contributed by atoms with Crippen molar-refractivity contribution < 1.29 is 31.9 Å². The van der Waals surface area contributed by atoms with Crippen LogP contribution in [-0.2, 0) is 15.8 Å². The maximum absolute atomic E-state index is 14.3. The molecule has 3 amide bonds. The first-order valence-corrected chi connectivity index (χ1v) is 12.6. The van der Waals surface area contributed by atoms with E-state index in [0.29, 0.717) is 50.7 Å². The Morgan fingerprint density at radius 1 is 1.05 bits per heavy atom. The Bertz CT molecular complexity index is 1210. The number of halogens is 4. The lowest BCUT2D eigenvalue weighted by molar-refractivity contribution is -0.143. The van der Waals surface area contributed by atoms with Crippen LogP contribution in [0, 0.1) is 17.2 Å². The summed E-state index contributed by atoms with van der Waals surface area (Å²) in [7, 11) is 1.78. The molecule has 0 aliphatic carbocycles. The molecule has 2 saturated heterocycles. The van der Waals surface area contributed by atoms with Gasteiger partial charge in [0, 0.05) is 32.6 Å². The quantitative estimate of drug-likeness (QED) is 0.577. The van der Waals surface area contributed by atoms with Crippen LogP contribution in [0.15, 0.2) is 48.5 Å². The number of hydrogen-bond donors (Lipinski definition) is 1. The van der Waals surface area contributed by atoms with E-state index in [9.17, 15) is 31.9 Å². The molecule has 2 atom stereocenters. The SMILES string of the molecule is CC(C)[C@@H](NC(=O)c1cc(C(F)(F)F)ccc1F)C(=O)N1CCC2(CC1)C(=O)N(C)CC2c1ccccc1. The highest BCUT2D eigenvalue weighted by atomic mass is 19.4. The summed E-state index contributed by atoms with van der Waals surface area (Å²) in [5.74, 6) is -2.99. The highest BCUT2D eigenvalue weighted by molar-refractivity contribution is 5.98. The summed E-state index contributed by atoms with van der Waals surface area (Å²) in [6.07, 6.45) is -3.85. The van der Waals surface area contributed by atoms with E-state index in [0.717, 1.165) is 5.56 Å². The molecular formula is C28H31F4N3O3.